The SMILES string of the molecule is CN(CCNC(=O)/C=C/c1ccc(N2CCCS2(=O)=O)cc1)c1ccccc1. The molecule has 0 radical (unpaired) electrons. The van der Waals surface area contributed by atoms with Crippen LogP contribution in [-0.4, -0.2) is 46.8 Å². The smallest absolute Gasteiger partial charge is 0.244 e. The minimum Gasteiger partial charge on any atom is -0.373 e. The van der Waals surface area contributed by atoms with E-state index in [9.17, 15) is 13.2 Å². The molecule has 7 heteroatoms. The maximum Gasteiger partial charge on any atom is 0.244 e. The maximum atomic E-state index is 12.0. The van der Waals surface area contributed by atoms with Crippen molar-refractivity contribution in [1.29, 1.82) is 0 Å². The molecule has 0 atom stereocenters. The molecule has 0 bridgehead atoms. The third-order valence-corrected chi connectivity index (χ3v) is 6.52. The third kappa shape index (κ3) is 5.13. The van der Waals surface area contributed by atoms with E-state index in [-0.39, 0.29) is 11.7 Å². The Labute approximate surface area is 166 Å². The van der Waals surface area contributed by atoms with Gasteiger partial charge in [0.25, 0.3) is 0 Å². The molecule has 1 aliphatic rings. The van der Waals surface area contributed by atoms with E-state index in [1.54, 1.807) is 18.2 Å². The van der Waals surface area contributed by atoms with Gasteiger partial charge in [-0.25, -0.2) is 8.42 Å². The van der Waals surface area contributed by atoms with Crippen LogP contribution in [0.3, 0.4) is 0 Å². The summed E-state index contributed by atoms with van der Waals surface area (Å²) >= 11 is 0. The number of hydrogen-bond acceptors (Lipinski definition) is 4. The predicted molar refractivity (Wildman–Crippen MR) is 114 cm³/mol. The number of rotatable bonds is 7. The van der Waals surface area contributed by atoms with Crippen LogP contribution in [0.2, 0.25) is 0 Å². The van der Waals surface area contributed by atoms with E-state index >= 15 is 0 Å². The average Bonchev–Trinajstić information content (AvgIpc) is 3.06. The van der Waals surface area contributed by atoms with Crippen molar-refractivity contribution in [2.24, 2.45) is 0 Å². The molecule has 3 rings (SSSR count). The molecule has 0 saturated carbocycles. The second kappa shape index (κ2) is 8.93. The fourth-order valence-electron chi connectivity index (χ4n) is 3.07. The van der Waals surface area contributed by atoms with E-state index in [2.05, 4.69) is 10.2 Å². The molecule has 28 heavy (non-hydrogen) atoms. The number of sulfonamides is 1. The third-order valence-electron chi connectivity index (χ3n) is 4.65. The summed E-state index contributed by atoms with van der Waals surface area (Å²) in [7, 11) is -1.18. The highest BCUT2D eigenvalue weighted by Crippen LogP contribution is 2.24. The minimum atomic E-state index is -3.17. The zero-order valence-electron chi connectivity index (χ0n) is 15.9. The highest BCUT2D eigenvalue weighted by atomic mass is 32.2. The number of hydrogen-bond donors (Lipinski definition) is 1. The van der Waals surface area contributed by atoms with Crippen LogP contribution in [0.25, 0.3) is 6.08 Å². The first kappa shape index (κ1) is 19.9. The van der Waals surface area contributed by atoms with Gasteiger partial charge in [0.2, 0.25) is 15.9 Å². The minimum absolute atomic E-state index is 0.160. The zero-order chi connectivity index (χ0) is 20.0. The Morgan fingerprint density at radius 1 is 1.14 bits per heavy atom. The normalized spacial score (nSPS) is 15.7. The molecule has 0 unspecified atom stereocenters. The Bertz CT molecular complexity index is 925. The van der Waals surface area contributed by atoms with Gasteiger partial charge in [-0.15, -0.1) is 0 Å². The first-order chi connectivity index (χ1) is 13.5. The van der Waals surface area contributed by atoms with Crippen LogP contribution in [0.1, 0.15) is 12.0 Å². The molecule has 1 heterocycles. The lowest BCUT2D eigenvalue weighted by atomic mass is 10.2. The first-order valence-corrected chi connectivity index (χ1v) is 10.9. The van der Waals surface area contributed by atoms with Crippen molar-refractivity contribution >= 4 is 33.4 Å². The standard InChI is InChI=1S/C21H25N3O3S/c1-23(19-6-3-2-4-7-19)16-14-22-21(25)13-10-18-8-11-20(12-9-18)24-15-5-17-28(24,26)27/h2-4,6-13H,5,14-17H2,1H3,(H,22,25)/b13-10+. The van der Waals surface area contributed by atoms with Crippen LogP contribution < -0.4 is 14.5 Å². The molecular weight excluding hydrogens is 374 g/mol. The summed E-state index contributed by atoms with van der Waals surface area (Å²) in [5.41, 5.74) is 2.62. The van der Waals surface area contributed by atoms with Gasteiger partial charge in [0.05, 0.1) is 11.4 Å². The molecule has 148 valence electrons. The monoisotopic (exact) mass is 399 g/mol. The van der Waals surface area contributed by atoms with Crippen molar-refractivity contribution < 1.29 is 13.2 Å². The number of carbonyl (C=O) groups is 1. The zero-order valence-corrected chi connectivity index (χ0v) is 16.7. The average molecular weight is 400 g/mol. The second-order valence-electron chi connectivity index (χ2n) is 6.71. The van der Waals surface area contributed by atoms with Crippen molar-refractivity contribution in [3.05, 3.63) is 66.2 Å². The Morgan fingerprint density at radius 3 is 2.50 bits per heavy atom. The molecule has 2 aromatic rings. The van der Waals surface area contributed by atoms with Crippen molar-refractivity contribution in [1.82, 2.24) is 5.32 Å². The topological polar surface area (TPSA) is 69.7 Å². The van der Waals surface area contributed by atoms with E-state index in [1.165, 1.54) is 10.4 Å². The molecule has 1 aliphatic heterocycles. The maximum absolute atomic E-state index is 12.0. The van der Waals surface area contributed by atoms with Crippen LogP contribution in [0.15, 0.2) is 60.7 Å². The Morgan fingerprint density at radius 2 is 1.86 bits per heavy atom. The summed E-state index contributed by atoms with van der Waals surface area (Å²) in [5.74, 6) is 0.0431. The lowest BCUT2D eigenvalue weighted by Crippen LogP contribution is -2.31. The van der Waals surface area contributed by atoms with Gasteiger partial charge in [0.1, 0.15) is 0 Å². The van der Waals surface area contributed by atoms with Gasteiger partial charge in [-0.2, -0.15) is 0 Å². The van der Waals surface area contributed by atoms with Crippen LogP contribution in [0, 0.1) is 0 Å². The van der Waals surface area contributed by atoms with Gasteiger partial charge in [-0.1, -0.05) is 30.3 Å². The number of amides is 1. The Kier molecular flexibility index (Phi) is 6.36. The van der Waals surface area contributed by atoms with E-state index < -0.39 is 10.0 Å². The van der Waals surface area contributed by atoms with Crippen molar-refractivity contribution in [3.63, 3.8) is 0 Å². The number of likely N-dealkylation sites (N-methyl/N-ethyl adjacent to an activating group) is 1. The van der Waals surface area contributed by atoms with E-state index in [4.69, 9.17) is 0 Å². The highest BCUT2D eigenvalue weighted by Gasteiger charge is 2.28. The second-order valence-corrected chi connectivity index (χ2v) is 8.73. The number of para-hydroxylation sites is 1. The summed E-state index contributed by atoms with van der Waals surface area (Å²) in [6.07, 6.45) is 3.87. The molecule has 1 N–H and O–H groups in total. The molecule has 1 fully saturated rings. The first-order valence-electron chi connectivity index (χ1n) is 9.28. The largest absolute Gasteiger partial charge is 0.373 e. The van der Waals surface area contributed by atoms with Crippen LogP contribution >= 0.6 is 0 Å². The molecule has 1 saturated heterocycles. The van der Waals surface area contributed by atoms with Gasteiger partial charge in [0, 0.05) is 38.4 Å². The molecule has 1 amide bonds. The summed E-state index contributed by atoms with van der Waals surface area (Å²) in [6.45, 7) is 1.78. The molecule has 6 nitrogen and oxygen atoms in total. The van der Waals surface area contributed by atoms with Crippen LogP contribution in [0.5, 0.6) is 0 Å². The fraction of sp³-hybridized carbons (Fsp3) is 0.286. The fourth-order valence-corrected chi connectivity index (χ4v) is 4.63. The van der Waals surface area contributed by atoms with Gasteiger partial charge >= 0.3 is 0 Å². The van der Waals surface area contributed by atoms with Crippen molar-refractivity contribution in [3.8, 4) is 0 Å². The predicted octanol–water partition coefficient (Wildman–Crippen LogP) is 2.49. The molecule has 0 aromatic heterocycles. The lowest BCUT2D eigenvalue weighted by Gasteiger charge is -2.19. The Balaban J connectivity index is 1.47. The van der Waals surface area contributed by atoms with Gasteiger partial charge in [-0.05, 0) is 42.3 Å². The van der Waals surface area contributed by atoms with Gasteiger partial charge in [-0.3, -0.25) is 9.10 Å². The summed E-state index contributed by atoms with van der Waals surface area (Å²) in [4.78, 5) is 14.1. The molecule has 0 spiro atoms. The van der Waals surface area contributed by atoms with E-state index in [0.29, 0.717) is 31.7 Å². The van der Waals surface area contributed by atoms with Crippen molar-refractivity contribution in [2.45, 2.75) is 6.42 Å². The summed E-state index contributed by atoms with van der Waals surface area (Å²) in [6, 6.07) is 17.2. The van der Waals surface area contributed by atoms with Gasteiger partial charge in [0.15, 0.2) is 0 Å². The van der Waals surface area contributed by atoms with Crippen LogP contribution in [0.4, 0.5) is 11.4 Å². The Hall–Kier alpha value is -2.80. The van der Waals surface area contributed by atoms with Crippen molar-refractivity contribution in [2.75, 3.05) is 41.6 Å². The number of carbonyl (C=O) groups excluding carboxylic acids is 1. The summed E-state index contributed by atoms with van der Waals surface area (Å²) in [5, 5.41) is 2.87. The van der Waals surface area contributed by atoms with E-state index in [1.807, 2.05) is 49.5 Å². The molecule has 0 aliphatic carbocycles. The van der Waals surface area contributed by atoms with Gasteiger partial charge < -0.3 is 10.2 Å². The highest BCUT2D eigenvalue weighted by molar-refractivity contribution is 7.93. The number of anilines is 2. The quantitative estimate of drug-likeness (QED) is 0.727. The van der Waals surface area contributed by atoms with E-state index in [0.717, 1.165) is 11.3 Å². The molecule has 2 aromatic carbocycles. The van der Waals surface area contributed by atoms with Crippen LogP contribution in [-0.2, 0) is 14.8 Å². The lowest BCUT2D eigenvalue weighted by molar-refractivity contribution is -0.116. The number of nitrogens with one attached hydrogen (secondary N) is 1. The number of nitrogens with zero attached hydrogens (tertiary/aromatic N) is 2. The number of benzene rings is 2. The summed E-state index contributed by atoms with van der Waals surface area (Å²) < 4.78 is 25.4. The molecular formula is C21H25N3O3S.